The molecule has 4 heteroatoms. The molecule has 0 heterocycles. The van der Waals surface area contributed by atoms with Gasteiger partial charge in [0.1, 0.15) is 0 Å². The summed E-state index contributed by atoms with van der Waals surface area (Å²) in [5, 5.41) is 1.08. The van der Waals surface area contributed by atoms with Crippen LogP contribution >= 0.6 is 48.0 Å². The van der Waals surface area contributed by atoms with Gasteiger partial charge >= 0.3 is 0 Å². The number of hydrogen-bond donors (Lipinski definition) is 1. The molecule has 0 saturated heterocycles. The summed E-state index contributed by atoms with van der Waals surface area (Å²) >= 11 is 20.4. The molecule has 0 aliphatic heterocycles. The van der Waals surface area contributed by atoms with E-state index < -0.39 is 0 Å². The summed E-state index contributed by atoms with van der Waals surface area (Å²) in [4.78, 5) is 0. The monoisotopic (exact) mass is 222 g/mol. The molecule has 0 radical (unpaired) electrons. The first-order chi connectivity index (χ1) is 5.13. The van der Waals surface area contributed by atoms with Gasteiger partial charge in [0.15, 0.2) is 0 Å². The Hall–Kier alpha value is 0.240. The summed E-state index contributed by atoms with van der Waals surface area (Å²) < 4.78 is 0.417. The number of thiol groups is 1. The molecule has 0 atom stereocenters. The van der Waals surface area contributed by atoms with Gasteiger partial charge in [-0.05, 0) is 12.1 Å². The molecule has 1 aromatic rings. The van der Waals surface area contributed by atoms with Crippen molar-refractivity contribution in [1.82, 2.24) is 0 Å². The molecule has 0 amide bonds. The van der Waals surface area contributed by atoms with Gasteiger partial charge in [0, 0.05) is 5.56 Å². The average molecular weight is 223 g/mol. The SMILES string of the molecule is S=C(S)c1c(Cl)cccc1Cl. The van der Waals surface area contributed by atoms with Gasteiger partial charge in [-0.25, -0.2) is 0 Å². The van der Waals surface area contributed by atoms with E-state index in [9.17, 15) is 0 Å². The fraction of sp³-hybridized carbons (Fsp3) is 0. The Morgan fingerprint density at radius 2 is 1.73 bits per heavy atom. The highest BCUT2D eigenvalue weighted by molar-refractivity contribution is 8.11. The minimum atomic E-state index is 0.417. The lowest BCUT2D eigenvalue weighted by atomic mass is 10.2. The molecule has 0 spiro atoms. The predicted molar refractivity (Wildman–Crippen MR) is 57.1 cm³/mol. The van der Waals surface area contributed by atoms with E-state index in [0.29, 0.717) is 19.8 Å². The van der Waals surface area contributed by atoms with E-state index in [1.165, 1.54) is 0 Å². The average Bonchev–Trinajstić information content (AvgIpc) is 1.85. The Morgan fingerprint density at radius 3 is 2.00 bits per heavy atom. The summed E-state index contributed by atoms with van der Waals surface area (Å²) in [7, 11) is 0. The fourth-order valence-electron chi connectivity index (χ4n) is 0.702. The minimum Gasteiger partial charge on any atom is -0.131 e. The zero-order valence-corrected chi connectivity index (χ0v) is 8.57. The molecule has 0 aliphatic rings. The van der Waals surface area contributed by atoms with Crippen molar-refractivity contribution in [2.24, 2.45) is 0 Å². The molecule has 1 rings (SSSR count). The molecule has 0 aliphatic carbocycles. The van der Waals surface area contributed by atoms with E-state index in [1.54, 1.807) is 18.2 Å². The van der Waals surface area contributed by atoms with Gasteiger partial charge in [-0.3, -0.25) is 0 Å². The van der Waals surface area contributed by atoms with E-state index in [2.05, 4.69) is 12.6 Å². The number of thiocarbonyl (C=S) groups is 1. The summed E-state index contributed by atoms with van der Waals surface area (Å²) in [6.07, 6.45) is 0. The zero-order valence-electron chi connectivity index (χ0n) is 5.34. The Morgan fingerprint density at radius 1 is 1.27 bits per heavy atom. The van der Waals surface area contributed by atoms with Gasteiger partial charge in [-0.15, -0.1) is 12.6 Å². The third-order valence-electron chi connectivity index (χ3n) is 1.18. The molecule has 11 heavy (non-hydrogen) atoms. The molecule has 0 bridgehead atoms. The van der Waals surface area contributed by atoms with Crippen LogP contribution < -0.4 is 0 Å². The third-order valence-corrected chi connectivity index (χ3v) is 2.23. The molecule has 0 nitrogen and oxygen atoms in total. The van der Waals surface area contributed by atoms with E-state index >= 15 is 0 Å². The molecular weight excluding hydrogens is 219 g/mol. The molecule has 0 fully saturated rings. The van der Waals surface area contributed by atoms with Crippen molar-refractivity contribution < 1.29 is 0 Å². The summed E-state index contributed by atoms with van der Waals surface area (Å²) in [5.41, 5.74) is 0.633. The molecule has 0 N–H and O–H groups in total. The largest absolute Gasteiger partial charge is 0.131 e. The van der Waals surface area contributed by atoms with Gasteiger partial charge in [0.25, 0.3) is 0 Å². The van der Waals surface area contributed by atoms with Crippen LogP contribution in [-0.4, -0.2) is 4.20 Å². The number of hydrogen-bond acceptors (Lipinski definition) is 1. The smallest absolute Gasteiger partial charge is 0.0777 e. The Kier molecular flexibility index (Phi) is 3.19. The predicted octanol–water partition coefficient (Wildman–Crippen LogP) is 3.60. The summed E-state index contributed by atoms with van der Waals surface area (Å²) in [6.45, 7) is 0. The highest BCUT2D eigenvalue weighted by Crippen LogP contribution is 2.25. The molecule has 1 aromatic carbocycles. The second-order valence-corrected chi connectivity index (χ2v) is 3.87. The van der Waals surface area contributed by atoms with Crippen LogP contribution in [0.1, 0.15) is 5.56 Å². The lowest BCUT2D eigenvalue weighted by Crippen LogP contribution is -1.89. The first kappa shape index (κ1) is 9.33. The van der Waals surface area contributed by atoms with E-state index in [-0.39, 0.29) is 0 Å². The number of benzene rings is 1. The lowest BCUT2D eigenvalue weighted by Gasteiger charge is -2.02. The van der Waals surface area contributed by atoms with Crippen molar-refractivity contribution in [3.05, 3.63) is 33.8 Å². The highest BCUT2D eigenvalue weighted by Gasteiger charge is 2.06. The van der Waals surface area contributed by atoms with Gasteiger partial charge in [0.2, 0.25) is 0 Å². The second kappa shape index (κ2) is 3.76. The van der Waals surface area contributed by atoms with Crippen molar-refractivity contribution in [1.29, 1.82) is 0 Å². The number of rotatable bonds is 1. The Balaban J connectivity index is 3.32. The van der Waals surface area contributed by atoms with Crippen LogP contribution in [0.5, 0.6) is 0 Å². The zero-order chi connectivity index (χ0) is 8.43. The van der Waals surface area contributed by atoms with Crippen LogP contribution in [0.15, 0.2) is 18.2 Å². The van der Waals surface area contributed by atoms with Crippen LogP contribution in [-0.2, 0) is 0 Å². The normalized spacial score (nSPS) is 9.73. The molecule has 0 aromatic heterocycles. The highest BCUT2D eigenvalue weighted by atomic mass is 35.5. The summed E-state index contributed by atoms with van der Waals surface area (Å²) in [5.74, 6) is 0. The Labute approximate surface area is 85.9 Å². The van der Waals surface area contributed by atoms with Gasteiger partial charge in [-0.2, -0.15) is 0 Å². The van der Waals surface area contributed by atoms with Crippen molar-refractivity contribution in [2.45, 2.75) is 0 Å². The Bertz CT molecular complexity index is 276. The molecular formula is C7H4Cl2S2. The van der Waals surface area contributed by atoms with E-state index in [4.69, 9.17) is 35.4 Å². The van der Waals surface area contributed by atoms with Crippen LogP contribution in [0.2, 0.25) is 10.0 Å². The van der Waals surface area contributed by atoms with Crippen molar-refractivity contribution in [2.75, 3.05) is 0 Å². The molecule has 0 saturated carbocycles. The van der Waals surface area contributed by atoms with E-state index in [0.717, 1.165) is 0 Å². The third kappa shape index (κ3) is 2.09. The maximum Gasteiger partial charge on any atom is 0.0777 e. The minimum absolute atomic E-state index is 0.417. The number of halogens is 2. The van der Waals surface area contributed by atoms with Crippen molar-refractivity contribution >= 4 is 52.2 Å². The first-order valence-corrected chi connectivity index (χ1v) is 4.41. The fourth-order valence-corrected chi connectivity index (χ4v) is 1.99. The maximum absolute atomic E-state index is 5.80. The van der Waals surface area contributed by atoms with Crippen LogP contribution in [0.4, 0.5) is 0 Å². The summed E-state index contributed by atoms with van der Waals surface area (Å²) in [6, 6.07) is 5.22. The van der Waals surface area contributed by atoms with Crippen molar-refractivity contribution in [3.63, 3.8) is 0 Å². The quantitative estimate of drug-likeness (QED) is 0.560. The van der Waals surface area contributed by atoms with Crippen LogP contribution in [0, 0.1) is 0 Å². The topological polar surface area (TPSA) is 0 Å². The van der Waals surface area contributed by atoms with Gasteiger partial charge in [-0.1, -0.05) is 41.5 Å². The van der Waals surface area contributed by atoms with Crippen LogP contribution in [0.3, 0.4) is 0 Å². The standard InChI is InChI=1S/C7H4Cl2S2/c8-4-2-1-3-5(9)6(4)7(10)11/h1-3H,(H,10,11). The lowest BCUT2D eigenvalue weighted by molar-refractivity contribution is 1.68. The second-order valence-electron chi connectivity index (χ2n) is 1.90. The molecule has 58 valence electrons. The maximum atomic E-state index is 5.80. The first-order valence-electron chi connectivity index (χ1n) is 2.80. The van der Waals surface area contributed by atoms with Gasteiger partial charge in [0.05, 0.1) is 14.2 Å². The van der Waals surface area contributed by atoms with E-state index in [1.807, 2.05) is 0 Å². The van der Waals surface area contributed by atoms with Gasteiger partial charge < -0.3 is 0 Å². The van der Waals surface area contributed by atoms with Crippen molar-refractivity contribution in [3.8, 4) is 0 Å². The molecule has 0 unspecified atom stereocenters. The van der Waals surface area contributed by atoms with Crippen LogP contribution in [0.25, 0.3) is 0 Å².